The number of para-hydroxylation sites is 1. The molecule has 2 unspecified atom stereocenters. The lowest BCUT2D eigenvalue weighted by atomic mass is 9.93. The molecule has 0 amide bonds. The van der Waals surface area contributed by atoms with Crippen LogP contribution in [0, 0.1) is 5.41 Å². The number of hydrogen-bond acceptors (Lipinski definition) is 6. The van der Waals surface area contributed by atoms with Crippen molar-refractivity contribution in [2.45, 2.75) is 31.8 Å². The first-order valence-corrected chi connectivity index (χ1v) is 10.2. The van der Waals surface area contributed by atoms with Gasteiger partial charge in [-0.25, -0.2) is 9.66 Å². The Bertz CT molecular complexity index is 1070. The lowest BCUT2D eigenvalue weighted by Gasteiger charge is -2.15. The van der Waals surface area contributed by atoms with Crippen molar-refractivity contribution in [3.8, 4) is 0 Å². The summed E-state index contributed by atoms with van der Waals surface area (Å²) in [5.41, 5.74) is 6.56. The maximum atomic E-state index is 8.94. The minimum absolute atomic E-state index is 0.00509. The fraction of sp³-hybridized carbons (Fsp3) is 0.350. The van der Waals surface area contributed by atoms with Gasteiger partial charge in [-0.1, -0.05) is 18.2 Å². The molecule has 146 valence electrons. The standard InChI is InChI=1S/C20H23BrN6O/c1-12-17(14-9-13-5-2-3-6-15(13)24-10-14)20-25-16(11-23-7-4-8-28)18(21)19(22)27(20)26-12/h2-3,5-6,9-10,12,17,22-23,26,28H,4,7-8,11H2,1H3. The number of halogens is 1. The summed E-state index contributed by atoms with van der Waals surface area (Å²) >= 11 is 3.52. The lowest BCUT2D eigenvalue weighted by Crippen LogP contribution is -2.31. The van der Waals surface area contributed by atoms with Crippen LogP contribution in [0.4, 0.5) is 0 Å². The highest BCUT2D eigenvalue weighted by atomic mass is 79.9. The zero-order chi connectivity index (χ0) is 19.7. The van der Waals surface area contributed by atoms with Gasteiger partial charge in [-0.05, 0) is 53.5 Å². The summed E-state index contributed by atoms with van der Waals surface area (Å²) in [7, 11) is 0. The lowest BCUT2D eigenvalue weighted by molar-refractivity contribution is 0.286. The molecule has 2 aromatic heterocycles. The van der Waals surface area contributed by atoms with Gasteiger partial charge < -0.3 is 15.8 Å². The molecule has 0 fully saturated rings. The van der Waals surface area contributed by atoms with Gasteiger partial charge in [0.1, 0.15) is 5.82 Å². The largest absolute Gasteiger partial charge is 0.396 e. The molecule has 3 heterocycles. The first kappa shape index (κ1) is 19.0. The highest BCUT2D eigenvalue weighted by Crippen LogP contribution is 2.32. The number of aliphatic hydroxyl groups excluding tert-OH is 1. The molecule has 0 bridgehead atoms. The average Bonchev–Trinajstić information content (AvgIpc) is 3.04. The molecule has 1 aliphatic heterocycles. The molecule has 4 rings (SSSR count). The van der Waals surface area contributed by atoms with E-state index in [9.17, 15) is 0 Å². The molecule has 0 radical (unpaired) electrons. The van der Waals surface area contributed by atoms with Crippen molar-refractivity contribution in [1.29, 1.82) is 5.41 Å². The van der Waals surface area contributed by atoms with E-state index < -0.39 is 0 Å². The van der Waals surface area contributed by atoms with Gasteiger partial charge in [-0.2, -0.15) is 0 Å². The molecule has 0 saturated heterocycles. The zero-order valence-corrected chi connectivity index (χ0v) is 17.2. The van der Waals surface area contributed by atoms with Gasteiger partial charge in [0.25, 0.3) is 0 Å². The van der Waals surface area contributed by atoms with Crippen molar-refractivity contribution in [1.82, 2.24) is 20.0 Å². The molecular formula is C20H23BrN6O. The molecule has 0 aliphatic carbocycles. The van der Waals surface area contributed by atoms with Crippen LogP contribution in [0.1, 0.15) is 36.3 Å². The number of fused-ring (bicyclic) bond motifs is 2. The first-order valence-electron chi connectivity index (χ1n) is 9.39. The van der Waals surface area contributed by atoms with E-state index in [1.165, 1.54) is 0 Å². The molecular weight excluding hydrogens is 420 g/mol. The molecule has 0 spiro atoms. The molecule has 8 heteroatoms. The summed E-state index contributed by atoms with van der Waals surface area (Å²) in [6.07, 6.45) is 2.60. The van der Waals surface area contributed by atoms with Crippen molar-refractivity contribution in [3.05, 3.63) is 63.6 Å². The fourth-order valence-corrected chi connectivity index (χ4v) is 4.06. The molecule has 2 atom stereocenters. The monoisotopic (exact) mass is 442 g/mol. The summed E-state index contributed by atoms with van der Waals surface area (Å²) in [6, 6.07) is 10.3. The average molecular weight is 443 g/mol. The van der Waals surface area contributed by atoms with Crippen molar-refractivity contribution in [2.75, 3.05) is 18.6 Å². The molecule has 4 N–H and O–H groups in total. The minimum atomic E-state index is 0.00509. The summed E-state index contributed by atoms with van der Waals surface area (Å²) < 4.78 is 2.43. The SMILES string of the molecule is CC1Nn2c(nc(CNCCCO)c(Br)c2=N)C1c1cnc2ccccc2c1. The number of hydrogen-bond donors (Lipinski definition) is 4. The Morgan fingerprint density at radius 2 is 2.18 bits per heavy atom. The minimum Gasteiger partial charge on any atom is -0.396 e. The van der Waals surface area contributed by atoms with Crippen LogP contribution < -0.4 is 16.2 Å². The van der Waals surface area contributed by atoms with Crippen molar-refractivity contribution in [2.24, 2.45) is 0 Å². The predicted molar refractivity (Wildman–Crippen MR) is 112 cm³/mol. The Kier molecular flexibility index (Phi) is 5.43. The normalized spacial score (nSPS) is 18.2. The molecule has 7 nitrogen and oxygen atoms in total. The molecule has 1 aromatic carbocycles. The summed E-state index contributed by atoms with van der Waals surface area (Å²) in [5.74, 6) is 0.822. The Morgan fingerprint density at radius 3 is 3.00 bits per heavy atom. The van der Waals surface area contributed by atoms with Crippen molar-refractivity contribution in [3.63, 3.8) is 0 Å². The predicted octanol–water partition coefficient (Wildman–Crippen LogP) is 2.22. The second-order valence-electron chi connectivity index (χ2n) is 7.03. The number of nitrogens with zero attached hydrogens (tertiary/aromatic N) is 3. The van der Waals surface area contributed by atoms with Crippen LogP contribution in [0.25, 0.3) is 10.9 Å². The van der Waals surface area contributed by atoms with Crippen LogP contribution in [-0.2, 0) is 6.54 Å². The van der Waals surface area contributed by atoms with E-state index in [-0.39, 0.29) is 18.6 Å². The number of aliphatic hydroxyl groups is 1. The number of pyridine rings is 1. The van der Waals surface area contributed by atoms with Gasteiger partial charge in [0, 0.05) is 24.7 Å². The van der Waals surface area contributed by atoms with Crippen LogP contribution in [0.15, 0.2) is 41.0 Å². The van der Waals surface area contributed by atoms with Crippen LogP contribution in [0.5, 0.6) is 0 Å². The fourth-order valence-electron chi connectivity index (χ4n) is 3.65. The van der Waals surface area contributed by atoms with Gasteiger partial charge in [0.2, 0.25) is 0 Å². The van der Waals surface area contributed by atoms with Gasteiger partial charge in [-0.15, -0.1) is 0 Å². The van der Waals surface area contributed by atoms with Crippen LogP contribution in [-0.4, -0.2) is 38.9 Å². The zero-order valence-electron chi connectivity index (χ0n) is 15.6. The van der Waals surface area contributed by atoms with E-state index in [1.807, 2.05) is 24.4 Å². The second kappa shape index (κ2) is 7.98. The van der Waals surface area contributed by atoms with Crippen LogP contribution in [0.2, 0.25) is 0 Å². The van der Waals surface area contributed by atoms with Gasteiger partial charge in [-0.3, -0.25) is 10.4 Å². The van der Waals surface area contributed by atoms with E-state index in [0.29, 0.717) is 29.5 Å². The Morgan fingerprint density at radius 1 is 1.36 bits per heavy atom. The Hall–Kier alpha value is -2.29. The third-order valence-corrected chi connectivity index (χ3v) is 5.88. The second-order valence-corrected chi connectivity index (χ2v) is 7.82. The quantitative estimate of drug-likeness (QED) is 0.438. The topological polar surface area (TPSA) is 98.9 Å². The maximum Gasteiger partial charge on any atom is 0.161 e. The van der Waals surface area contributed by atoms with Crippen molar-refractivity contribution < 1.29 is 5.11 Å². The summed E-state index contributed by atoms with van der Waals surface area (Å²) in [4.78, 5) is 9.49. The van der Waals surface area contributed by atoms with E-state index in [4.69, 9.17) is 15.5 Å². The third-order valence-electron chi connectivity index (χ3n) is 5.05. The number of benzene rings is 1. The third kappa shape index (κ3) is 3.43. The molecule has 28 heavy (non-hydrogen) atoms. The number of rotatable bonds is 6. The molecule has 0 saturated carbocycles. The Labute approximate surface area is 171 Å². The number of aromatic nitrogens is 3. The van der Waals surface area contributed by atoms with E-state index in [0.717, 1.165) is 28.0 Å². The number of nitrogens with one attached hydrogen (secondary N) is 3. The highest BCUT2D eigenvalue weighted by Gasteiger charge is 2.34. The maximum absolute atomic E-state index is 8.94. The van der Waals surface area contributed by atoms with Gasteiger partial charge in [0.05, 0.1) is 27.6 Å². The smallest absolute Gasteiger partial charge is 0.161 e. The van der Waals surface area contributed by atoms with Crippen LogP contribution in [0.3, 0.4) is 0 Å². The van der Waals surface area contributed by atoms with Gasteiger partial charge in [0.15, 0.2) is 5.49 Å². The highest BCUT2D eigenvalue weighted by molar-refractivity contribution is 9.10. The first-order chi connectivity index (χ1) is 13.6. The molecule has 3 aromatic rings. The van der Waals surface area contributed by atoms with E-state index >= 15 is 0 Å². The van der Waals surface area contributed by atoms with E-state index in [1.54, 1.807) is 4.68 Å². The van der Waals surface area contributed by atoms with E-state index in [2.05, 4.69) is 50.7 Å². The summed E-state index contributed by atoms with van der Waals surface area (Å²) in [6.45, 7) is 3.50. The Balaban J connectivity index is 1.73. The molecule has 1 aliphatic rings. The summed E-state index contributed by atoms with van der Waals surface area (Å²) in [5, 5.41) is 21.9. The van der Waals surface area contributed by atoms with Gasteiger partial charge >= 0.3 is 0 Å². The van der Waals surface area contributed by atoms with Crippen molar-refractivity contribution >= 4 is 26.8 Å². The van der Waals surface area contributed by atoms with Crippen LogP contribution >= 0.6 is 15.9 Å².